The summed E-state index contributed by atoms with van der Waals surface area (Å²) in [6.45, 7) is -0.151. The van der Waals surface area contributed by atoms with Crippen LogP contribution in [0.2, 0.25) is 10.2 Å². The molecule has 0 radical (unpaired) electrons. The van der Waals surface area contributed by atoms with Gasteiger partial charge in [-0.3, -0.25) is 4.79 Å². The Hall–Kier alpha value is -1.85. The van der Waals surface area contributed by atoms with Gasteiger partial charge >= 0.3 is 0 Å². The molecule has 0 aliphatic carbocycles. The number of aromatic nitrogens is 2. The average molecular weight is 298 g/mol. The van der Waals surface area contributed by atoms with E-state index in [2.05, 4.69) is 15.3 Å². The maximum absolute atomic E-state index is 11.6. The highest BCUT2D eigenvalue weighted by Gasteiger charge is 2.05. The number of halogens is 2. The lowest BCUT2D eigenvalue weighted by Crippen LogP contribution is -2.20. The zero-order valence-corrected chi connectivity index (χ0v) is 11.1. The van der Waals surface area contributed by atoms with Crippen molar-refractivity contribution in [1.29, 1.82) is 0 Å². The number of benzene rings is 1. The summed E-state index contributed by atoms with van der Waals surface area (Å²) < 4.78 is 5.28. The van der Waals surface area contributed by atoms with Crippen molar-refractivity contribution < 1.29 is 9.53 Å². The lowest BCUT2D eigenvalue weighted by molar-refractivity contribution is -0.118. The minimum atomic E-state index is -0.352. The first-order chi connectivity index (χ1) is 9.13. The third-order valence-corrected chi connectivity index (χ3v) is 2.51. The molecule has 1 aromatic carbocycles. The molecule has 7 heteroatoms. The SMILES string of the molecule is O=C(COc1cccc(Cl)c1)Nc1cc(Cl)ncn1. The zero-order valence-electron chi connectivity index (χ0n) is 9.64. The Morgan fingerprint density at radius 3 is 2.84 bits per heavy atom. The quantitative estimate of drug-likeness (QED) is 0.882. The smallest absolute Gasteiger partial charge is 0.263 e. The first kappa shape index (κ1) is 13.6. The van der Waals surface area contributed by atoms with E-state index in [1.54, 1.807) is 24.3 Å². The highest BCUT2D eigenvalue weighted by molar-refractivity contribution is 6.30. The maximum Gasteiger partial charge on any atom is 0.263 e. The fourth-order valence-corrected chi connectivity index (χ4v) is 1.61. The summed E-state index contributed by atoms with van der Waals surface area (Å²) in [7, 11) is 0. The Morgan fingerprint density at radius 1 is 1.26 bits per heavy atom. The van der Waals surface area contributed by atoms with E-state index in [4.69, 9.17) is 27.9 Å². The van der Waals surface area contributed by atoms with Gasteiger partial charge in [0.15, 0.2) is 6.61 Å². The van der Waals surface area contributed by atoms with Gasteiger partial charge in [0, 0.05) is 11.1 Å². The molecule has 0 bridgehead atoms. The second-order valence-corrected chi connectivity index (χ2v) is 4.34. The predicted molar refractivity (Wildman–Crippen MR) is 72.6 cm³/mol. The highest BCUT2D eigenvalue weighted by atomic mass is 35.5. The molecule has 0 aliphatic heterocycles. The number of hydrogen-bond donors (Lipinski definition) is 1. The lowest BCUT2D eigenvalue weighted by atomic mass is 10.3. The molecule has 2 rings (SSSR count). The summed E-state index contributed by atoms with van der Waals surface area (Å²) in [5, 5.41) is 3.33. The normalized spacial score (nSPS) is 10.0. The van der Waals surface area contributed by atoms with Crippen LogP contribution < -0.4 is 10.1 Å². The van der Waals surface area contributed by atoms with Crippen molar-refractivity contribution in [2.24, 2.45) is 0 Å². The number of carbonyl (C=O) groups is 1. The molecule has 0 spiro atoms. The maximum atomic E-state index is 11.6. The third-order valence-electron chi connectivity index (χ3n) is 2.07. The van der Waals surface area contributed by atoms with Gasteiger partial charge in [0.05, 0.1) is 0 Å². The van der Waals surface area contributed by atoms with Gasteiger partial charge in [0.2, 0.25) is 0 Å². The van der Waals surface area contributed by atoms with Crippen molar-refractivity contribution in [1.82, 2.24) is 9.97 Å². The van der Waals surface area contributed by atoms with Crippen LogP contribution in [0.25, 0.3) is 0 Å². The second kappa shape index (κ2) is 6.36. The third kappa shape index (κ3) is 4.39. The van der Waals surface area contributed by atoms with Gasteiger partial charge in [-0.15, -0.1) is 0 Å². The molecule has 2 aromatic rings. The van der Waals surface area contributed by atoms with E-state index >= 15 is 0 Å². The van der Waals surface area contributed by atoms with Gasteiger partial charge in [-0.2, -0.15) is 0 Å². The predicted octanol–water partition coefficient (Wildman–Crippen LogP) is 2.80. The zero-order chi connectivity index (χ0) is 13.7. The van der Waals surface area contributed by atoms with Crippen LogP contribution in [0.4, 0.5) is 5.82 Å². The summed E-state index contributed by atoms with van der Waals surface area (Å²) in [6.07, 6.45) is 1.26. The standard InChI is InChI=1S/C12H9Cl2N3O2/c13-8-2-1-3-9(4-8)19-6-12(18)17-11-5-10(14)15-7-16-11/h1-5,7H,6H2,(H,15,16,17,18). The fourth-order valence-electron chi connectivity index (χ4n) is 1.29. The van der Waals surface area contributed by atoms with Gasteiger partial charge < -0.3 is 10.1 Å². The van der Waals surface area contributed by atoms with Gasteiger partial charge in [0.1, 0.15) is 23.0 Å². The van der Waals surface area contributed by atoms with Crippen molar-refractivity contribution >= 4 is 34.9 Å². The summed E-state index contributed by atoms with van der Waals surface area (Å²) in [5.74, 6) is 0.484. The molecule has 1 amide bonds. The number of amides is 1. The second-order valence-electron chi connectivity index (χ2n) is 3.52. The topological polar surface area (TPSA) is 64.1 Å². The molecule has 5 nitrogen and oxygen atoms in total. The van der Waals surface area contributed by atoms with E-state index in [9.17, 15) is 4.79 Å². The molecule has 1 heterocycles. The van der Waals surface area contributed by atoms with Crippen molar-refractivity contribution in [3.05, 3.63) is 46.8 Å². The van der Waals surface area contributed by atoms with Crippen LogP contribution in [0.15, 0.2) is 36.7 Å². The minimum absolute atomic E-state index is 0.151. The van der Waals surface area contributed by atoms with Gasteiger partial charge in [-0.25, -0.2) is 9.97 Å². The number of ether oxygens (including phenoxy) is 1. The van der Waals surface area contributed by atoms with Crippen LogP contribution in [-0.4, -0.2) is 22.5 Å². The first-order valence-corrected chi connectivity index (χ1v) is 6.05. The average Bonchev–Trinajstić information content (AvgIpc) is 2.36. The highest BCUT2D eigenvalue weighted by Crippen LogP contribution is 2.17. The van der Waals surface area contributed by atoms with Crippen LogP contribution >= 0.6 is 23.2 Å². The summed E-state index contributed by atoms with van der Waals surface area (Å²) in [6, 6.07) is 8.23. The minimum Gasteiger partial charge on any atom is -0.484 e. The van der Waals surface area contributed by atoms with Gasteiger partial charge in [-0.05, 0) is 18.2 Å². The number of anilines is 1. The Morgan fingerprint density at radius 2 is 2.11 bits per heavy atom. The summed E-state index contributed by atoms with van der Waals surface area (Å²) in [4.78, 5) is 19.2. The van der Waals surface area contributed by atoms with E-state index in [-0.39, 0.29) is 17.7 Å². The largest absolute Gasteiger partial charge is 0.484 e. The Bertz CT molecular complexity index is 593. The van der Waals surface area contributed by atoms with Gasteiger partial charge in [0.25, 0.3) is 5.91 Å². The van der Waals surface area contributed by atoms with Crippen LogP contribution in [0.5, 0.6) is 5.75 Å². The molecule has 98 valence electrons. The molecule has 19 heavy (non-hydrogen) atoms. The van der Waals surface area contributed by atoms with E-state index in [0.29, 0.717) is 16.6 Å². The molecule has 0 saturated carbocycles. The number of nitrogens with zero attached hydrogens (tertiary/aromatic N) is 2. The summed E-state index contributed by atoms with van der Waals surface area (Å²) in [5.41, 5.74) is 0. The summed E-state index contributed by atoms with van der Waals surface area (Å²) >= 11 is 11.5. The van der Waals surface area contributed by atoms with Crippen LogP contribution in [0.1, 0.15) is 0 Å². The van der Waals surface area contributed by atoms with Crippen molar-refractivity contribution in [2.75, 3.05) is 11.9 Å². The van der Waals surface area contributed by atoms with Crippen molar-refractivity contribution in [2.45, 2.75) is 0 Å². The number of rotatable bonds is 4. The Kier molecular flexibility index (Phi) is 4.54. The lowest BCUT2D eigenvalue weighted by Gasteiger charge is -2.07. The monoisotopic (exact) mass is 297 g/mol. The van der Waals surface area contributed by atoms with E-state index < -0.39 is 0 Å². The molecule has 0 aliphatic rings. The molecule has 0 saturated heterocycles. The molecular weight excluding hydrogens is 289 g/mol. The van der Waals surface area contributed by atoms with Crippen LogP contribution in [0.3, 0.4) is 0 Å². The number of nitrogens with one attached hydrogen (secondary N) is 1. The molecule has 0 fully saturated rings. The molecule has 0 unspecified atom stereocenters. The van der Waals surface area contributed by atoms with Crippen LogP contribution in [0, 0.1) is 0 Å². The van der Waals surface area contributed by atoms with E-state index in [1.165, 1.54) is 12.4 Å². The van der Waals surface area contributed by atoms with E-state index in [1.807, 2.05) is 0 Å². The molecule has 1 aromatic heterocycles. The number of carbonyl (C=O) groups excluding carboxylic acids is 1. The molecular formula is C12H9Cl2N3O2. The molecule has 0 atom stereocenters. The fraction of sp³-hybridized carbons (Fsp3) is 0.0833. The number of hydrogen-bond acceptors (Lipinski definition) is 4. The van der Waals surface area contributed by atoms with E-state index in [0.717, 1.165) is 0 Å². The molecule has 1 N–H and O–H groups in total. The van der Waals surface area contributed by atoms with Crippen molar-refractivity contribution in [3.63, 3.8) is 0 Å². The van der Waals surface area contributed by atoms with Gasteiger partial charge in [-0.1, -0.05) is 29.3 Å². The Balaban J connectivity index is 1.88. The first-order valence-electron chi connectivity index (χ1n) is 5.29. The van der Waals surface area contributed by atoms with Crippen LogP contribution in [-0.2, 0) is 4.79 Å². The Labute approximate surface area is 119 Å². The van der Waals surface area contributed by atoms with Crippen molar-refractivity contribution in [3.8, 4) is 5.75 Å².